The van der Waals surface area contributed by atoms with Crippen molar-refractivity contribution in [1.29, 1.82) is 0 Å². The van der Waals surface area contributed by atoms with E-state index in [9.17, 15) is 14.4 Å². The van der Waals surface area contributed by atoms with Crippen LogP contribution in [0, 0.1) is 0 Å². The van der Waals surface area contributed by atoms with Gasteiger partial charge < -0.3 is 14.7 Å². The average Bonchev–Trinajstić information content (AvgIpc) is 2.90. The SMILES string of the molecule is COC(=O)c1ccccc1N1Cc2ccc(C(=O)O)cc2C1=O. The number of anilines is 1. The summed E-state index contributed by atoms with van der Waals surface area (Å²) in [6.45, 7) is 0.280. The standard InChI is InChI=1S/C17H13NO5/c1-23-17(22)12-4-2-3-5-14(12)18-9-11-7-6-10(16(20)21)8-13(11)15(18)19/h2-8H,9H2,1H3,(H,20,21). The van der Waals surface area contributed by atoms with Crippen molar-refractivity contribution < 1.29 is 24.2 Å². The Morgan fingerprint density at radius 2 is 1.91 bits per heavy atom. The molecule has 1 N–H and O–H groups in total. The summed E-state index contributed by atoms with van der Waals surface area (Å²) in [4.78, 5) is 37.0. The lowest BCUT2D eigenvalue weighted by atomic mass is 10.1. The molecule has 0 fully saturated rings. The van der Waals surface area contributed by atoms with E-state index >= 15 is 0 Å². The molecule has 23 heavy (non-hydrogen) atoms. The number of benzene rings is 2. The Bertz CT molecular complexity index is 827. The van der Waals surface area contributed by atoms with Crippen LogP contribution >= 0.6 is 0 Å². The number of carbonyl (C=O) groups is 3. The third-order valence-corrected chi connectivity index (χ3v) is 3.76. The molecule has 0 radical (unpaired) electrons. The highest BCUT2D eigenvalue weighted by molar-refractivity contribution is 6.13. The number of esters is 1. The second-order valence-electron chi connectivity index (χ2n) is 5.08. The van der Waals surface area contributed by atoms with E-state index in [0.717, 1.165) is 5.56 Å². The van der Waals surface area contributed by atoms with Gasteiger partial charge in [-0.05, 0) is 29.8 Å². The molecule has 0 bridgehead atoms. The van der Waals surface area contributed by atoms with E-state index in [2.05, 4.69) is 0 Å². The van der Waals surface area contributed by atoms with Crippen molar-refractivity contribution in [2.75, 3.05) is 12.0 Å². The van der Waals surface area contributed by atoms with Crippen LogP contribution in [0.1, 0.15) is 36.6 Å². The Labute approximate surface area is 131 Å². The van der Waals surface area contributed by atoms with Crippen LogP contribution in [-0.2, 0) is 11.3 Å². The molecule has 0 atom stereocenters. The fourth-order valence-corrected chi connectivity index (χ4v) is 2.62. The van der Waals surface area contributed by atoms with Crippen molar-refractivity contribution in [1.82, 2.24) is 0 Å². The topological polar surface area (TPSA) is 83.9 Å². The molecule has 116 valence electrons. The van der Waals surface area contributed by atoms with Crippen LogP contribution in [0.15, 0.2) is 42.5 Å². The number of carboxylic acids is 1. The molecule has 0 saturated carbocycles. The first-order valence-electron chi connectivity index (χ1n) is 6.88. The number of ether oxygens (including phenoxy) is 1. The zero-order valence-electron chi connectivity index (χ0n) is 12.3. The van der Waals surface area contributed by atoms with Gasteiger partial charge in [0.15, 0.2) is 0 Å². The maximum absolute atomic E-state index is 12.6. The lowest BCUT2D eigenvalue weighted by molar-refractivity contribution is 0.0600. The largest absolute Gasteiger partial charge is 0.478 e. The van der Waals surface area contributed by atoms with E-state index in [4.69, 9.17) is 9.84 Å². The van der Waals surface area contributed by atoms with Gasteiger partial charge in [0.25, 0.3) is 5.91 Å². The number of hydrogen-bond donors (Lipinski definition) is 1. The molecule has 0 aliphatic carbocycles. The van der Waals surface area contributed by atoms with E-state index in [0.29, 0.717) is 11.3 Å². The Morgan fingerprint density at radius 3 is 2.61 bits per heavy atom. The Balaban J connectivity index is 2.03. The molecule has 0 spiro atoms. The zero-order valence-corrected chi connectivity index (χ0v) is 12.3. The van der Waals surface area contributed by atoms with Gasteiger partial charge in [0.05, 0.1) is 30.5 Å². The van der Waals surface area contributed by atoms with Crippen molar-refractivity contribution in [3.63, 3.8) is 0 Å². The van der Waals surface area contributed by atoms with Crippen LogP contribution in [0.4, 0.5) is 5.69 Å². The van der Waals surface area contributed by atoms with Gasteiger partial charge in [0.1, 0.15) is 0 Å². The van der Waals surface area contributed by atoms with Crippen LogP contribution in [0.25, 0.3) is 0 Å². The number of fused-ring (bicyclic) bond motifs is 1. The summed E-state index contributed by atoms with van der Waals surface area (Å²) in [7, 11) is 1.28. The summed E-state index contributed by atoms with van der Waals surface area (Å²) in [6.07, 6.45) is 0. The van der Waals surface area contributed by atoms with E-state index < -0.39 is 11.9 Å². The second kappa shape index (κ2) is 5.57. The number of methoxy groups -OCH3 is 1. The number of aromatic carboxylic acids is 1. The first kappa shape index (κ1) is 14.8. The third-order valence-electron chi connectivity index (χ3n) is 3.76. The van der Waals surface area contributed by atoms with Crippen LogP contribution < -0.4 is 4.90 Å². The van der Waals surface area contributed by atoms with Crippen LogP contribution in [-0.4, -0.2) is 30.1 Å². The first-order valence-corrected chi connectivity index (χ1v) is 6.88. The van der Waals surface area contributed by atoms with Gasteiger partial charge in [0.2, 0.25) is 0 Å². The molecule has 0 aromatic heterocycles. The Kier molecular flexibility index (Phi) is 3.57. The highest BCUT2D eigenvalue weighted by atomic mass is 16.5. The molecule has 2 aromatic rings. The Hall–Kier alpha value is -3.15. The lowest BCUT2D eigenvalue weighted by Crippen LogP contribution is -2.25. The van der Waals surface area contributed by atoms with Gasteiger partial charge in [-0.1, -0.05) is 18.2 Å². The summed E-state index contributed by atoms with van der Waals surface area (Å²) >= 11 is 0. The number of hydrogen-bond acceptors (Lipinski definition) is 4. The van der Waals surface area contributed by atoms with Gasteiger partial charge >= 0.3 is 11.9 Å². The highest BCUT2D eigenvalue weighted by Gasteiger charge is 2.31. The molecule has 1 heterocycles. The third kappa shape index (κ3) is 2.44. The molecular weight excluding hydrogens is 298 g/mol. The Morgan fingerprint density at radius 1 is 1.17 bits per heavy atom. The van der Waals surface area contributed by atoms with Crippen molar-refractivity contribution in [3.05, 3.63) is 64.7 Å². The van der Waals surface area contributed by atoms with E-state index in [1.165, 1.54) is 24.1 Å². The normalized spacial score (nSPS) is 12.9. The van der Waals surface area contributed by atoms with Gasteiger partial charge in [-0.3, -0.25) is 4.79 Å². The molecule has 0 unspecified atom stereocenters. The van der Waals surface area contributed by atoms with Gasteiger partial charge in [-0.15, -0.1) is 0 Å². The fourth-order valence-electron chi connectivity index (χ4n) is 2.62. The predicted molar refractivity (Wildman–Crippen MR) is 81.7 cm³/mol. The predicted octanol–water partition coefficient (Wildman–Crippen LogP) is 2.33. The summed E-state index contributed by atoms with van der Waals surface area (Å²) in [5, 5.41) is 9.05. The molecule has 1 aliphatic rings. The second-order valence-corrected chi connectivity index (χ2v) is 5.08. The molecule has 1 amide bonds. The van der Waals surface area contributed by atoms with Crippen molar-refractivity contribution >= 4 is 23.5 Å². The number of carbonyl (C=O) groups excluding carboxylic acids is 2. The molecule has 1 aliphatic heterocycles. The molecular formula is C17H13NO5. The van der Waals surface area contributed by atoms with Gasteiger partial charge in [-0.25, -0.2) is 9.59 Å². The van der Waals surface area contributed by atoms with Gasteiger partial charge in [-0.2, -0.15) is 0 Å². The number of para-hydroxylation sites is 1. The van der Waals surface area contributed by atoms with Crippen molar-refractivity contribution in [3.8, 4) is 0 Å². The highest BCUT2D eigenvalue weighted by Crippen LogP contribution is 2.31. The summed E-state index contributed by atoms with van der Waals surface area (Å²) < 4.78 is 4.74. The molecule has 6 nitrogen and oxygen atoms in total. The van der Waals surface area contributed by atoms with Crippen molar-refractivity contribution in [2.45, 2.75) is 6.54 Å². The minimum absolute atomic E-state index is 0.0557. The van der Waals surface area contributed by atoms with Crippen LogP contribution in [0.2, 0.25) is 0 Å². The summed E-state index contributed by atoms with van der Waals surface area (Å²) in [6, 6.07) is 11.1. The monoisotopic (exact) mass is 311 g/mol. The van der Waals surface area contributed by atoms with E-state index in [1.807, 2.05) is 0 Å². The van der Waals surface area contributed by atoms with Crippen molar-refractivity contribution in [2.24, 2.45) is 0 Å². The zero-order chi connectivity index (χ0) is 16.6. The van der Waals surface area contributed by atoms with E-state index in [-0.39, 0.29) is 23.6 Å². The minimum Gasteiger partial charge on any atom is -0.478 e. The minimum atomic E-state index is -1.09. The fraction of sp³-hybridized carbons (Fsp3) is 0.118. The molecule has 2 aromatic carbocycles. The number of nitrogens with zero attached hydrogens (tertiary/aromatic N) is 1. The maximum atomic E-state index is 12.6. The smallest absolute Gasteiger partial charge is 0.339 e. The maximum Gasteiger partial charge on any atom is 0.339 e. The number of rotatable bonds is 3. The first-order chi connectivity index (χ1) is 11.0. The number of carboxylic acid groups (broad SMARTS) is 1. The molecule has 6 heteroatoms. The quantitative estimate of drug-likeness (QED) is 0.880. The van der Waals surface area contributed by atoms with Gasteiger partial charge in [0, 0.05) is 5.56 Å². The van der Waals surface area contributed by atoms with E-state index in [1.54, 1.807) is 30.3 Å². The lowest BCUT2D eigenvalue weighted by Gasteiger charge is -2.18. The summed E-state index contributed by atoms with van der Waals surface area (Å²) in [5.74, 6) is -1.95. The number of amides is 1. The van der Waals surface area contributed by atoms with Crippen LogP contribution in [0.5, 0.6) is 0 Å². The summed E-state index contributed by atoms with van der Waals surface area (Å²) in [5.41, 5.74) is 1.84. The molecule has 3 rings (SSSR count). The van der Waals surface area contributed by atoms with Crippen LogP contribution in [0.3, 0.4) is 0 Å². The molecule has 0 saturated heterocycles. The average molecular weight is 311 g/mol.